The summed E-state index contributed by atoms with van der Waals surface area (Å²) in [4.78, 5) is 14.6. The van der Waals surface area contributed by atoms with E-state index >= 15 is 0 Å². The van der Waals surface area contributed by atoms with Gasteiger partial charge in [-0.25, -0.2) is 0 Å². The molecule has 0 spiro atoms. The van der Waals surface area contributed by atoms with Gasteiger partial charge in [0.2, 0.25) is 0 Å². The summed E-state index contributed by atoms with van der Waals surface area (Å²) in [7, 11) is 3.96. The monoisotopic (exact) mass is 352 g/mol. The molecule has 3 rings (SSSR count). The summed E-state index contributed by atoms with van der Waals surface area (Å²) in [5.74, 6) is -0.0790. The Labute approximate surface area is 153 Å². The zero-order chi connectivity index (χ0) is 17.8. The fraction of sp³-hybridized carbons (Fsp3) is 0.190. The van der Waals surface area contributed by atoms with Gasteiger partial charge in [0.05, 0.1) is 6.04 Å². The Morgan fingerprint density at radius 1 is 1.00 bits per heavy atom. The summed E-state index contributed by atoms with van der Waals surface area (Å²) in [6.07, 6.45) is 0. The highest BCUT2D eigenvalue weighted by atomic mass is 35.5. The SMILES string of the molecule is CN(C)[C@@H](CNC(=O)c1ccc2ccccc2c1)c1ccccc1Cl. The molecule has 25 heavy (non-hydrogen) atoms. The van der Waals surface area contributed by atoms with E-state index in [1.165, 1.54) is 0 Å². The number of rotatable bonds is 5. The van der Waals surface area contributed by atoms with Crippen LogP contribution in [0.3, 0.4) is 0 Å². The minimum absolute atomic E-state index is 0.0121. The number of hydrogen-bond donors (Lipinski definition) is 1. The summed E-state index contributed by atoms with van der Waals surface area (Å²) < 4.78 is 0. The first-order chi connectivity index (χ1) is 12.1. The van der Waals surface area contributed by atoms with Crippen LogP contribution in [0, 0.1) is 0 Å². The number of nitrogens with one attached hydrogen (secondary N) is 1. The molecule has 3 aromatic rings. The molecule has 1 amide bonds. The van der Waals surface area contributed by atoms with E-state index in [0.29, 0.717) is 17.1 Å². The Bertz CT molecular complexity index is 892. The van der Waals surface area contributed by atoms with Crippen LogP contribution in [0.1, 0.15) is 22.0 Å². The maximum Gasteiger partial charge on any atom is 0.251 e. The van der Waals surface area contributed by atoms with E-state index in [2.05, 4.69) is 10.2 Å². The highest BCUT2D eigenvalue weighted by molar-refractivity contribution is 6.31. The van der Waals surface area contributed by atoms with Crippen molar-refractivity contribution in [1.82, 2.24) is 10.2 Å². The number of carbonyl (C=O) groups is 1. The molecule has 0 aliphatic rings. The minimum atomic E-state index is -0.0790. The van der Waals surface area contributed by atoms with Gasteiger partial charge in [-0.05, 0) is 48.6 Å². The lowest BCUT2D eigenvalue weighted by molar-refractivity contribution is 0.0942. The van der Waals surface area contributed by atoms with Crippen molar-refractivity contribution in [1.29, 1.82) is 0 Å². The molecule has 0 unspecified atom stereocenters. The van der Waals surface area contributed by atoms with Crippen LogP contribution < -0.4 is 5.32 Å². The molecule has 0 aromatic heterocycles. The zero-order valence-electron chi connectivity index (χ0n) is 14.4. The van der Waals surface area contributed by atoms with Crippen molar-refractivity contribution >= 4 is 28.3 Å². The molecule has 128 valence electrons. The highest BCUT2D eigenvalue weighted by Crippen LogP contribution is 2.25. The molecular formula is C21H21ClN2O. The normalized spacial score (nSPS) is 12.3. The third-order valence-corrected chi connectivity index (χ3v) is 4.70. The van der Waals surface area contributed by atoms with Gasteiger partial charge in [-0.2, -0.15) is 0 Å². The summed E-state index contributed by atoms with van der Waals surface area (Å²) in [5.41, 5.74) is 1.67. The quantitative estimate of drug-likeness (QED) is 0.731. The first kappa shape index (κ1) is 17.5. The standard InChI is InChI=1S/C21H21ClN2O/c1-24(2)20(18-9-5-6-10-19(18)22)14-23-21(25)17-12-11-15-7-3-4-8-16(15)13-17/h3-13,20H,14H2,1-2H3,(H,23,25)/t20-/m0/s1. The van der Waals surface area contributed by atoms with Gasteiger partial charge >= 0.3 is 0 Å². The van der Waals surface area contributed by atoms with Crippen molar-refractivity contribution in [2.45, 2.75) is 6.04 Å². The Hall–Kier alpha value is -2.36. The van der Waals surface area contributed by atoms with Crippen LogP contribution >= 0.6 is 11.6 Å². The molecule has 0 radical (unpaired) electrons. The molecule has 0 saturated heterocycles. The Morgan fingerprint density at radius 3 is 2.40 bits per heavy atom. The predicted octanol–water partition coefficient (Wildman–Crippen LogP) is 4.53. The van der Waals surface area contributed by atoms with Crippen molar-refractivity contribution < 1.29 is 4.79 Å². The van der Waals surface area contributed by atoms with Gasteiger partial charge < -0.3 is 10.2 Å². The number of hydrogen-bond acceptors (Lipinski definition) is 2. The smallest absolute Gasteiger partial charge is 0.251 e. The summed E-state index contributed by atoms with van der Waals surface area (Å²) in [6, 6.07) is 21.5. The number of halogens is 1. The summed E-state index contributed by atoms with van der Waals surface area (Å²) >= 11 is 6.32. The second kappa shape index (κ2) is 7.68. The summed E-state index contributed by atoms with van der Waals surface area (Å²) in [6.45, 7) is 0.488. The Kier molecular flexibility index (Phi) is 5.37. The molecule has 0 aliphatic carbocycles. The fourth-order valence-electron chi connectivity index (χ4n) is 2.94. The lowest BCUT2D eigenvalue weighted by Crippen LogP contribution is -2.34. The maximum absolute atomic E-state index is 12.6. The van der Waals surface area contributed by atoms with E-state index in [1.54, 1.807) is 0 Å². The molecule has 4 heteroatoms. The largest absolute Gasteiger partial charge is 0.350 e. The second-order valence-electron chi connectivity index (χ2n) is 6.27. The second-order valence-corrected chi connectivity index (χ2v) is 6.68. The van der Waals surface area contributed by atoms with E-state index in [4.69, 9.17) is 11.6 Å². The van der Waals surface area contributed by atoms with Crippen LogP contribution in [0.15, 0.2) is 66.7 Å². The number of carbonyl (C=O) groups excluding carboxylic acids is 1. The third kappa shape index (κ3) is 4.01. The first-order valence-electron chi connectivity index (χ1n) is 8.24. The number of likely N-dealkylation sites (N-methyl/N-ethyl adjacent to an activating group) is 1. The van der Waals surface area contributed by atoms with E-state index in [1.807, 2.05) is 80.8 Å². The Balaban J connectivity index is 1.76. The first-order valence-corrected chi connectivity index (χ1v) is 8.62. The van der Waals surface area contributed by atoms with Crippen molar-refractivity contribution in [3.63, 3.8) is 0 Å². The van der Waals surface area contributed by atoms with Gasteiger partial charge in [0.15, 0.2) is 0 Å². The topological polar surface area (TPSA) is 32.3 Å². The number of nitrogens with zero attached hydrogens (tertiary/aromatic N) is 1. The van der Waals surface area contributed by atoms with Gasteiger partial charge in [-0.1, -0.05) is 60.1 Å². The van der Waals surface area contributed by atoms with E-state index in [-0.39, 0.29) is 11.9 Å². The molecule has 1 atom stereocenters. The number of benzene rings is 3. The van der Waals surface area contributed by atoms with E-state index in [0.717, 1.165) is 16.3 Å². The average molecular weight is 353 g/mol. The van der Waals surface area contributed by atoms with Crippen LogP contribution in [0.4, 0.5) is 0 Å². The van der Waals surface area contributed by atoms with Gasteiger partial charge in [-0.15, -0.1) is 0 Å². The highest BCUT2D eigenvalue weighted by Gasteiger charge is 2.18. The van der Waals surface area contributed by atoms with Crippen LogP contribution in [-0.2, 0) is 0 Å². The summed E-state index contributed by atoms with van der Waals surface area (Å²) in [5, 5.41) is 5.93. The van der Waals surface area contributed by atoms with Gasteiger partial charge in [0.25, 0.3) is 5.91 Å². The number of fused-ring (bicyclic) bond motifs is 1. The molecule has 0 aliphatic heterocycles. The van der Waals surface area contributed by atoms with Crippen molar-refractivity contribution in [2.24, 2.45) is 0 Å². The number of amides is 1. The lowest BCUT2D eigenvalue weighted by atomic mass is 10.0. The Morgan fingerprint density at radius 2 is 1.68 bits per heavy atom. The molecule has 0 bridgehead atoms. The van der Waals surface area contributed by atoms with E-state index in [9.17, 15) is 4.79 Å². The van der Waals surface area contributed by atoms with Crippen LogP contribution in [0.5, 0.6) is 0 Å². The molecule has 3 aromatic carbocycles. The molecular weight excluding hydrogens is 332 g/mol. The van der Waals surface area contributed by atoms with Crippen molar-refractivity contribution in [3.8, 4) is 0 Å². The van der Waals surface area contributed by atoms with Crippen LogP contribution in [-0.4, -0.2) is 31.4 Å². The molecule has 1 N–H and O–H groups in total. The third-order valence-electron chi connectivity index (χ3n) is 4.36. The van der Waals surface area contributed by atoms with Gasteiger partial charge in [0.1, 0.15) is 0 Å². The molecule has 0 saturated carbocycles. The van der Waals surface area contributed by atoms with Crippen LogP contribution in [0.2, 0.25) is 5.02 Å². The molecule has 3 nitrogen and oxygen atoms in total. The minimum Gasteiger partial charge on any atom is -0.350 e. The van der Waals surface area contributed by atoms with Crippen molar-refractivity contribution in [3.05, 3.63) is 82.9 Å². The van der Waals surface area contributed by atoms with Crippen molar-refractivity contribution in [2.75, 3.05) is 20.6 Å². The molecule has 0 heterocycles. The van der Waals surface area contributed by atoms with Gasteiger partial charge in [0, 0.05) is 17.1 Å². The predicted molar refractivity (Wildman–Crippen MR) is 104 cm³/mol. The fourth-order valence-corrected chi connectivity index (χ4v) is 3.20. The lowest BCUT2D eigenvalue weighted by Gasteiger charge is -2.26. The van der Waals surface area contributed by atoms with Crippen LogP contribution in [0.25, 0.3) is 10.8 Å². The maximum atomic E-state index is 12.6. The van der Waals surface area contributed by atoms with Gasteiger partial charge in [-0.3, -0.25) is 4.79 Å². The molecule has 0 fully saturated rings. The zero-order valence-corrected chi connectivity index (χ0v) is 15.1. The average Bonchev–Trinajstić information content (AvgIpc) is 2.62. The van der Waals surface area contributed by atoms with E-state index < -0.39 is 0 Å².